The van der Waals surface area contributed by atoms with Gasteiger partial charge in [-0.1, -0.05) is 22.9 Å². The Morgan fingerprint density at radius 2 is 2.18 bits per heavy atom. The first-order chi connectivity index (χ1) is 8.11. The first-order valence-corrected chi connectivity index (χ1v) is 6.42. The summed E-state index contributed by atoms with van der Waals surface area (Å²) in [6.45, 7) is 2.08. The summed E-state index contributed by atoms with van der Waals surface area (Å²) in [7, 11) is 0. The molecule has 0 unspecified atom stereocenters. The summed E-state index contributed by atoms with van der Waals surface area (Å²) < 4.78 is 3.26. The van der Waals surface area contributed by atoms with E-state index in [9.17, 15) is 4.79 Å². The molecule has 0 aliphatic rings. The molecule has 1 aromatic heterocycles. The van der Waals surface area contributed by atoms with E-state index in [1.54, 1.807) is 6.20 Å². The van der Waals surface area contributed by atoms with E-state index in [0.717, 1.165) is 16.6 Å². The molecule has 0 saturated carbocycles. The predicted octanol–water partition coefficient (Wildman–Crippen LogP) is 3.22. The average Bonchev–Trinajstić information content (AvgIpc) is 2.30. The largest absolute Gasteiger partial charge is 0.299 e. The Labute approximate surface area is 112 Å². The van der Waals surface area contributed by atoms with Crippen molar-refractivity contribution in [3.8, 4) is 5.69 Å². The van der Waals surface area contributed by atoms with Crippen LogP contribution in [0.4, 0.5) is 0 Å². The molecule has 1 heterocycles. The monoisotopic (exact) mass is 310 g/mol. The maximum absolute atomic E-state index is 11.1. The highest BCUT2D eigenvalue weighted by molar-refractivity contribution is 9.10. The zero-order valence-corrected chi connectivity index (χ0v) is 11.6. The van der Waals surface area contributed by atoms with E-state index in [0.29, 0.717) is 4.77 Å². The van der Waals surface area contributed by atoms with Crippen molar-refractivity contribution < 1.29 is 0 Å². The molecule has 17 heavy (non-hydrogen) atoms. The molecular weight excluding hydrogens is 300 g/mol. The third kappa shape index (κ3) is 2.56. The van der Waals surface area contributed by atoms with E-state index < -0.39 is 0 Å². The number of hydrogen-bond acceptors (Lipinski definition) is 2. The minimum Gasteiger partial charge on any atom is -0.299 e. The van der Waals surface area contributed by atoms with Gasteiger partial charge in [-0.2, -0.15) is 0 Å². The highest BCUT2D eigenvalue weighted by atomic mass is 79.9. The molecule has 0 saturated heterocycles. The second kappa shape index (κ2) is 4.98. The topological polar surface area (TPSA) is 37.8 Å². The summed E-state index contributed by atoms with van der Waals surface area (Å²) in [5, 5.41) is 0. The first kappa shape index (κ1) is 12.3. The second-order valence-corrected chi connectivity index (χ2v) is 4.91. The third-order valence-corrected chi connectivity index (χ3v) is 3.30. The summed E-state index contributed by atoms with van der Waals surface area (Å²) >= 11 is 8.60. The van der Waals surface area contributed by atoms with Crippen LogP contribution >= 0.6 is 28.1 Å². The summed E-state index contributed by atoms with van der Waals surface area (Å²) in [4.78, 5) is 13.8. The standard InChI is InChI=1S/C12H11BrN2OS/c1-2-8-7-9(13)3-4-10(8)15-6-5-11(16)14-12(15)17/h3-7H,2H2,1H3,(H,14,16,17). The van der Waals surface area contributed by atoms with Crippen LogP contribution in [0, 0.1) is 4.77 Å². The summed E-state index contributed by atoms with van der Waals surface area (Å²) in [6.07, 6.45) is 2.60. The lowest BCUT2D eigenvalue weighted by Gasteiger charge is -2.11. The van der Waals surface area contributed by atoms with Gasteiger partial charge in [0.15, 0.2) is 4.77 Å². The van der Waals surface area contributed by atoms with Crippen molar-refractivity contribution in [1.82, 2.24) is 9.55 Å². The van der Waals surface area contributed by atoms with Crippen LogP contribution in [0.15, 0.2) is 39.7 Å². The molecule has 3 nitrogen and oxygen atoms in total. The van der Waals surface area contributed by atoms with Gasteiger partial charge in [0.2, 0.25) is 0 Å². The normalized spacial score (nSPS) is 10.5. The molecule has 0 radical (unpaired) electrons. The van der Waals surface area contributed by atoms with E-state index in [2.05, 4.69) is 33.9 Å². The number of nitrogens with zero attached hydrogens (tertiary/aromatic N) is 1. The van der Waals surface area contributed by atoms with Crippen molar-refractivity contribution in [2.75, 3.05) is 0 Å². The Hall–Kier alpha value is -1.20. The summed E-state index contributed by atoms with van der Waals surface area (Å²) in [5.41, 5.74) is 1.99. The van der Waals surface area contributed by atoms with Gasteiger partial charge in [-0.3, -0.25) is 14.3 Å². The van der Waals surface area contributed by atoms with Crippen LogP contribution in [0.5, 0.6) is 0 Å². The molecule has 0 amide bonds. The SMILES string of the molecule is CCc1cc(Br)ccc1-n1ccc(=O)[nH]c1=S. The van der Waals surface area contributed by atoms with Crippen molar-refractivity contribution in [1.29, 1.82) is 0 Å². The Morgan fingerprint density at radius 1 is 1.41 bits per heavy atom. The van der Waals surface area contributed by atoms with Gasteiger partial charge in [-0.05, 0) is 42.4 Å². The van der Waals surface area contributed by atoms with Crippen LogP contribution in [-0.2, 0) is 6.42 Å². The Balaban J connectivity index is 2.68. The lowest BCUT2D eigenvalue weighted by atomic mass is 10.1. The van der Waals surface area contributed by atoms with Crippen LogP contribution in [0.25, 0.3) is 5.69 Å². The van der Waals surface area contributed by atoms with Crippen molar-refractivity contribution in [3.63, 3.8) is 0 Å². The number of rotatable bonds is 2. The number of hydrogen-bond donors (Lipinski definition) is 1. The molecular formula is C12H11BrN2OS. The van der Waals surface area contributed by atoms with E-state index in [1.165, 1.54) is 11.6 Å². The molecule has 0 aliphatic heterocycles. The molecule has 2 rings (SSSR count). The lowest BCUT2D eigenvalue weighted by Crippen LogP contribution is -2.11. The van der Waals surface area contributed by atoms with E-state index in [-0.39, 0.29) is 5.56 Å². The van der Waals surface area contributed by atoms with Gasteiger partial charge >= 0.3 is 0 Å². The van der Waals surface area contributed by atoms with Crippen molar-refractivity contribution in [2.45, 2.75) is 13.3 Å². The predicted molar refractivity (Wildman–Crippen MR) is 74.3 cm³/mol. The molecule has 88 valence electrons. The third-order valence-electron chi connectivity index (χ3n) is 2.51. The smallest absolute Gasteiger partial charge is 0.251 e. The highest BCUT2D eigenvalue weighted by Gasteiger charge is 2.04. The molecule has 0 fully saturated rings. The minimum atomic E-state index is -0.179. The van der Waals surface area contributed by atoms with Gasteiger partial charge in [-0.25, -0.2) is 0 Å². The number of benzene rings is 1. The molecule has 0 aliphatic carbocycles. The van der Waals surface area contributed by atoms with E-state index >= 15 is 0 Å². The fourth-order valence-corrected chi connectivity index (χ4v) is 2.35. The number of halogens is 1. The van der Waals surface area contributed by atoms with Crippen LogP contribution in [0.3, 0.4) is 0 Å². The van der Waals surface area contributed by atoms with Crippen molar-refractivity contribution in [2.24, 2.45) is 0 Å². The van der Waals surface area contributed by atoms with Crippen LogP contribution in [-0.4, -0.2) is 9.55 Å². The van der Waals surface area contributed by atoms with Crippen LogP contribution in [0.2, 0.25) is 0 Å². The van der Waals surface area contributed by atoms with Crippen LogP contribution in [0.1, 0.15) is 12.5 Å². The minimum absolute atomic E-state index is 0.179. The fourth-order valence-electron chi connectivity index (χ4n) is 1.68. The van der Waals surface area contributed by atoms with Crippen molar-refractivity contribution >= 4 is 28.1 Å². The molecule has 2 aromatic rings. The van der Waals surface area contributed by atoms with Gasteiger partial charge in [0.25, 0.3) is 5.56 Å². The van der Waals surface area contributed by atoms with Gasteiger partial charge in [0.05, 0.1) is 5.69 Å². The van der Waals surface area contributed by atoms with Gasteiger partial charge < -0.3 is 0 Å². The zero-order chi connectivity index (χ0) is 12.4. The summed E-state index contributed by atoms with van der Waals surface area (Å²) in [5.74, 6) is 0. The molecule has 1 N–H and O–H groups in total. The molecule has 5 heteroatoms. The van der Waals surface area contributed by atoms with Gasteiger partial charge in [-0.15, -0.1) is 0 Å². The Bertz CT molecular complexity index is 660. The molecule has 0 bridgehead atoms. The first-order valence-electron chi connectivity index (χ1n) is 5.22. The van der Waals surface area contributed by atoms with E-state index in [4.69, 9.17) is 12.2 Å². The average molecular weight is 311 g/mol. The zero-order valence-electron chi connectivity index (χ0n) is 9.24. The van der Waals surface area contributed by atoms with Gasteiger partial charge in [0.1, 0.15) is 0 Å². The number of H-pyrrole nitrogens is 1. The number of nitrogens with one attached hydrogen (secondary N) is 1. The van der Waals surface area contributed by atoms with E-state index in [1.807, 2.05) is 16.7 Å². The number of aromatic nitrogens is 2. The Morgan fingerprint density at radius 3 is 2.82 bits per heavy atom. The highest BCUT2D eigenvalue weighted by Crippen LogP contribution is 2.20. The fraction of sp³-hybridized carbons (Fsp3) is 0.167. The number of aryl methyl sites for hydroxylation is 1. The molecule has 0 spiro atoms. The second-order valence-electron chi connectivity index (χ2n) is 3.61. The van der Waals surface area contributed by atoms with Gasteiger partial charge in [0, 0.05) is 16.7 Å². The maximum atomic E-state index is 11.1. The molecule has 0 atom stereocenters. The quantitative estimate of drug-likeness (QED) is 0.865. The number of aromatic amines is 1. The summed E-state index contributed by atoms with van der Waals surface area (Å²) in [6, 6.07) is 7.47. The molecule has 1 aromatic carbocycles. The lowest BCUT2D eigenvalue weighted by molar-refractivity contribution is 0.916. The van der Waals surface area contributed by atoms with Crippen molar-refractivity contribution in [3.05, 3.63) is 55.6 Å². The maximum Gasteiger partial charge on any atom is 0.251 e. The van der Waals surface area contributed by atoms with Crippen LogP contribution < -0.4 is 5.56 Å². The Kier molecular flexibility index (Phi) is 3.59.